The molecule has 0 bridgehead atoms. The molecule has 1 aliphatic carbocycles. The maximum atomic E-state index is 12.2. The van der Waals surface area contributed by atoms with Crippen LogP contribution in [0.4, 0.5) is 13.2 Å². The summed E-state index contributed by atoms with van der Waals surface area (Å²) < 4.78 is 36.5. The monoisotopic (exact) mass is 441 g/mol. The van der Waals surface area contributed by atoms with Crippen LogP contribution in [-0.2, 0) is 0 Å². The second-order valence-electron chi connectivity index (χ2n) is 5.52. The summed E-state index contributed by atoms with van der Waals surface area (Å²) in [5, 5.41) is 5.71. The first-order valence-corrected chi connectivity index (χ1v) is 7.63. The molecule has 2 rings (SSSR count). The van der Waals surface area contributed by atoms with E-state index in [2.05, 4.69) is 27.8 Å². The lowest BCUT2D eigenvalue weighted by Crippen LogP contribution is -2.39. The van der Waals surface area contributed by atoms with Crippen molar-refractivity contribution in [1.29, 1.82) is 0 Å². The highest BCUT2D eigenvalue weighted by molar-refractivity contribution is 14.0. The van der Waals surface area contributed by atoms with Crippen LogP contribution in [0, 0.1) is 5.92 Å². The van der Waals surface area contributed by atoms with Crippen molar-refractivity contribution in [2.75, 3.05) is 19.6 Å². The Kier molecular flexibility index (Phi) is 8.15. The summed E-state index contributed by atoms with van der Waals surface area (Å²) in [5.74, 6) is 1.48. The smallest absolute Gasteiger partial charge is 0.357 e. The standard InChI is InChI=1S/C16H22F3N3.HI/c1-2-20-15(21-9-8-16(17,18)19)22-11-13-10-14(13)12-6-4-3-5-7-12;/h3-7,13-14H,2,8-11H2,1H3,(H2,20,21,22);1H. The first-order chi connectivity index (χ1) is 10.5. The lowest BCUT2D eigenvalue weighted by molar-refractivity contribution is -0.132. The molecule has 1 fully saturated rings. The molecule has 1 aliphatic rings. The van der Waals surface area contributed by atoms with Crippen molar-refractivity contribution < 1.29 is 13.2 Å². The maximum absolute atomic E-state index is 12.2. The Morgan fingerprint density at radius 1 is 1.22 bits per heavy atom. The van der Waals surface area contributed by atoms with E-state index in [-0.39, 0.29) is 30.5 Å². The van der Waals surface area contributed by atoms with Gasteiger partial charge < -0.3 is 10.6 Å². The predicted octanol–water partition coefficient (Wildman–Crippen LogP) is 3.92. The van der Waals surface area contributed by atoms with Crippen molar-refractivity contribution in [3.05, 3.63) is 35.9 Å². The normalized spacial score (nSPS) is 20.6. The summed E-state index contributed by atoms with van der Waals surface area (Å²) in [6.45, 7) is 3.01. The van der Waals surface area contributed by atoms with Crippen LogP contribution in [0.5, 0.6) is 0 Å². The Balaban J connectivity index is 0.00000264. The van der Waals surface area contributed by atoms with Gasteiger partial charge in [0.25, 0.3) is 0 Å². The average molecular weight is 441 g/mol. The fourth-order valence-electron chi connectivity index (χ4n) is 2.43. The Morgan fingerprint density at radius 3 is 2.52 bits per heavy atom. The van der Waals surface area contributed by atoms with E-state index in [1.165, 1.54) is 5.56 Å². The second kappa shape index (κ2) is 9.34. The van der Waals surface area contributed by atoms with Gasteiger partial charge in [0.1, 0.15) is 0 Å². The third kappa shape index (κ3) is 7.41. The van der Waals surface area contributed by atoms with Crippen molar-refractivity contribution in [1.82, 2.24) is 10.6 Å². The number of aliphatic imine (C=N–C) groups is 1. The minimum absolute atomic E-state index is 0. The molecule has 0 radical (unpaired) electrons. The Labute approximate surface area is 152 Å². The van der Waals surface area contributed by atoms with Gasteiger partial charge in [-0.3, -0.25) is 4.99 Å². The zero-order valence-corrected chi connectivity index (χ0v) is 15.4. The van der Waals surface area contributed by atoms with Gasteiger partial charge in [0.2, 0.25) is 0 Å². The highest BCUT2D eigenvalue weighted by Gasteiger charge is 2.37. The number of nitrogens with one attached hydrogen (secondary N) is 2. The molecule has 3 nitrogen and oxygen atoms in total. The van der Waals surface area contributed by atoms with Gasteiger partial charge in [-0.1, -0.05) is 30.3 Å². The third-order valence-electron chi connectivity index (χ3n) is 3.68. The molecule has 0 saturated heterocycles. The summed E-state index contributed by atoms with van der Waals surface area (Å²) in [6.07, 6.45) is -3.90. The van der Waals surface area contributed by atoms with Crippen LogP contribution in [0.25, 0.3) is 0 Å². The van der Waals surface area contributed by atoms with Crippen LogP contribution in [0.3, 0.4) is 0 Å². The molecule has 2 N–H and O–H groups in total. The lowest BCUT2D eigenvalue weighted by atomic mass is 10.1. The molecular formula is C16H23F3IN3. The van der Waals surface area contributed by atoms with Gasteiger partial charge in [0.05, 0.1) is 6.42 Å². The topological polar surface area (TPSA) is 36.4 Å². The molecule has 0 spiro atoms. The molecule has 2 atom stereocenters. The van der Waals surface area contributed by atoms with E-state index in [9.17, 15) is 13.2 Å². The molecule has 0 aliphatic heterocycles. The second-order valence-corrected chi connectivity index (χ2v) is 5.52. The fourth-order valence-corrected chi connectivity index (χ4v) is 2.43. The van der Waals surface area contributed by atoms with Crippen LogP contribution < -0.4 is 10.6 Å². The Bertz CT molecular complexity index is 491. The zero-order valence-electron chi connectivity index (χ0n) is 13.1. The van der Waals surface area contributed by atoms with E-state index in [0.717, 1.165) is 6.42 Å². The number of rotatable bonds is 6. The van der Waals surface area contributed by atoms with Gasteiger partial charge in [-0.25, -0.2) is 0 Å². The third-order valence-corrected chi connectivity index (χ3v) is 3.68. The molecule has 1 saturated carbocycles. The molecule has 0 aromatic heterocycles. The van der Waals surface area contributed by atoms with Crippen molar-refractivity contribution >= 4 is 29.9 Å². The summed E-state index contributed by atoms with van der Waals surface area (Å²) in [7, 11) is 0. The first-order valence-electron chi connectivity index (χ1n) is 7.63. The molecular weight excluding hydrogens is 418 g/mol. The number of hydrogen-bond acceptors (Lipinski definition) is 1. The Morgan fingerprint density at radius 2 is 1.91 bits per heavy atom. The minimum Gasteiger partial charge on any atom is -0.357 e. The van der Waals surface area contributed by atoms with E-state index in [1.807, 2.05) is 25.1 Å². The van der Waals surface area contributed by atoms with E-state index in [0.29, 0.717) is 30.9 Å². The van der Waals surface area contributed by atoms with Crippen molar-refractivity contribution in [3.8, 4) is 0 Å². The summed E-state index contributed by atoms with van der Waals surface area (Å²) in [4.78, 5) is 4.40. The van der Waals surface area contributed by atoms with Gasteiger partial charge in [0, 0.05) is 19.6 Å². The first kappa shape index (κ1) is 20.1. The number of halogens is 4. The summed E-state index contributed by atoms with van der Waals surface area (Å²) in [5.41, 5.74) is 1.32. The molecule has 1 aromatic rings. The fraction of sp³-hybridized carbons (Fsp3) is 0.562. The van der Waals surface area contributed by atoms with Crippen molar-refractivity contribution in [3.63, 3.8) is 0 Å². The van der Waals surface area contributed by atoms with E-state index < -0.39 is 12.6 Å². The van der Waals surface area contributed by atoms with Gasteiger partial charge >= 0.3 is 6.18 Å². The molecule has 0 amide bonds. The van der Waals surface area contributed by atoms with Gasteiger partial charge in [-0.05, 0) is 30.7 Å². The van der Waals surface area contributed by atoms with Crippen LogP contribution in [-0.4, -0.2) is 31.8 Å². The van der Waals surface area contributed by atoms with Crippen molar-refractivity contribution in [2.45, 2.75) is 31.9 Å². The number of hydrogen-bond donors (Lipinski definition) is 2. The average Bonchev–Trinajstić information content (AvgIpc) is 3.24. The Hall–Kier alpha value is -0.990. The van der Waals surface area contributed by atoms with Crippen molar-refractivity contribution in [2.24, 2.45) is 10.9 Å². The van der Waals surface area contributed by atoms with E-state index >= 15 is 0 Å². The van der Waals surface area contributed by atoms with Crippen LogP contribution >= 0.6 is 24.0 Å². The molecule has 7 heteroatoms. The molecule has 2 unspecified atom stereocenters. The number of alkyl halides is 3. The van der Waals surface area contributed by atoms with Gasteiger partial charge in [0.15, 0.2) is 5.96 Å². The quantitative estimate of drug-likeness (QED) is 0.399. The van der Waals surface area contributed by atoms with Gasteiger partial charge in [-0.15, -0.1) is 24.0 Å². The number of nitrogens with zero attached hydrogens (tertiary/aromatic N) is 1. The predicted molar refractivity (Wildman–Crippen MR) is 97.4 cm³/mol. The summed E-state index contributed by atoms with van der Waals surface area (Å²) >= 11 is 0. The molecule has 130 valence electrons. The van der Waals surface area contributed by atoms with Crippen LogP contribution in [0.2, 0.25) is 0 Å². The molecule has 1 aromatic carbocycles. The molecule has 0 heterocycles. The highest BCUT2D eigenvalue weighted by Crippen LogP contribution is 2.47. The SMILES string of the molecule is CCNC(=NCC1CC1c1ccccc1)NCCC(F)(F)F.I. The van der Waals surface area contributed by atoms with Gasteiger partial charge in [-0.2, -0.15) is 13.2 Å². The largest absolute Gasteiger partial charge is 0.390 e. The highest BCUT2D eigenvalue weighted by atomic mass is 127. The summed E-state index contributed by atoms with van der Waals surface area (Å²) in [6, 6.07) is 10.3. The molecule has 23 heavy (non-hydrogen) atoms. The van der Waals surface area contributed by atoms with Crippen LogP contribution in [0.15, 0.2) is 35.3 Å². The lowest BCUT2D eigenvalue weighted by Gasteiger charge is -2.12. The zero-order chi connectivity index (χ0) is 16.0. The van der Waals surface area contributed by atoms with E-state index in [1.54, 1.807) is 0 Å². The van der Waals surface area contributed by atoms with E-state index in [4.69, 9.17) is 0 Å². The minimum atomic E-state index is -4.14. The number of guanidine groups is 1. The maximum Gasteiger partial charge on any atom is 0.390 e. The number of benzene rings is 1. The van der Waals surface area contributed by atoms with Crippen LogP contribution in [0.1, 0.15) is 31.2 Å².